The molecule has 1 aliphatic carbocycles. The minimum atomic E-state index is 0.186. The summed E-state index contributed by atoms with van der Waals surface area (Å²) in [5.74, 6) is 0.779. The van der Waals surface area contributed by atoms with E-state index in [-0.39, 0.29) is 5.54 Å². The maximum absolute atomic E-state index is 6.43. The van der Waals surface area contributed by atoms with E-state index < -0.39 is 0 Å². The molecule has 0 aromatic carbocycles. The lowest BCUT2D eigenvalue weighted by Crippen LogP contribution is -2.62. The molecule has 2 aliphatic rings. The Morgan fingerprint density at radius 3 is 2.15 bits per heavy atom. The Morgan fingerprint density at radius 2 is 1.69 bits per heavy atom. The molecule has 0 bridgehead atoms. The first-order valence-electron chi connectivity index (χ1n) is 5.52. The standard InChI is InChI=1S/C11H22N2/c1-10(2)7-11(12,8-10)9-3-5-13-6-4-9/h9,13H,3-8,12H2,1-2H3. The second-order valence-electron chi connectivity index (χ2n) is 5.78. The summed E-state index contributed by atoms with van der Waals surface area (Å²) in [6.07, 6.45) is 5.02. The molecule has 2 rings (SSSR count). The normalized spacial score (nSPS) is 32.5. The molecule has 3 N–H and O–H groups in total. The van der Waals surface area contributed by atoms with Gasteiger partial charge in [0.1, 0.15) is 0 Å². The van der Waals surface area contributed by atoms with E-state index in [2.05, 4.69) is 19.2 Å². The van der Waals surface area contributed by atoms with Crippen LogP contribution in [-0.2, 0) is 0 Å². The summed E-state index contributed by atoms with van der Waals surface area (Å²) in [5, 5.41) is 3.40. The molecule has 0 atom stereocenters. The molecule has 76 valence electrons. The van der Waals surface area contributed by atoms with Crippen LogP contribution < -0.4 is 11.1 Å². The summed E-state index contributed by atoms with van der Waals surface area (Å²) in [6, 6.07) is 0. The Kier molecular flexibility index (Phi) is 2.16. The van der Waals surface area contributed by atoms with E-state index in [9.17, 15) is 0 Å². The maximum Gasteiger partial charge on any atom is 0.0194 e. The highest BCUT2D eigenvalue weighted by Crippen LogP contribution is 2.51. The average Bonchev–Trinajstić information content (AvgIpc) is 2.02. The molecule has 2 nitrogen and oxygen atoms in total. The monoisotopic (exact) mass is 182 g/mol. The van der Waals surface area contributed by atoms with Gasteiger partial charge in [-0.2, -0.15) is 0 Å². The summed E-state index contributed by atoms with van der Waals surface area (Å²) >= 11 is 0. The van der Waals surface area contributed by atoms with Crippen molar-refractivity contribution < 1.29 is 0 Å². The van der Waals surface area contributed by atoms with Gasteiger partial charge in [0.2, 0.25) is 0 Å². The number of nitrogens with two attached hydrogens (primary N) is 1. The first kappa shape index (κ1) is 9.47. The predicted molar refractivity (Wildman–Crippen MR) is 55.5 cm³/mol. The molecule has 0 amide bonds. The van der Waals surface area contributed by atoms with Crippen molar-refractivity contribution in [3.63, 3.8) is 0 Å². The van der Waals surface area contributed by atoms with Crippen molar-refractivity contribution >= 4 is 0 Å². The van der Waals surface area contributed by atoms with Crippen LogP contribution in [0.15, 0.2) is 0 Å². The molecule has 1 aliphatic heterocycles. The molecule has 2 fully saturated rings. The third kappa shape index (κ3) is 1.75. The van der Waals surface area contributed by atoms with Gasteiger partial charge in [0.15, 0.2) is 0 Å². The third-order valence-electron chi connectivity index (χ3n) is 3.77. The van der Waals surface area contributed by atoms with E-state index >= 15 is 0 Å². The van der Waals surface area contributed by atoms with Gasteiger partial charge in [-0.15, -0.1) is 0 Å². The van der Waals surface area contributed by atoms with E-state index in [1.54, 1.807) is 0 Å². The van der Waals surface area contributed by atoms with Crippen molar-refractivity contribution in [2.24, 2.45) is 17.1 Å². The van der Waals surface area contributed by atoms with Crippen LogP contribution in [0, 0.1) is 11.3 Å². The predicted octanol–water partition coefficient (Wildman–Crippen LogP) is 1.50. The van der Waals surface area contributed by atoms with Crippen molar-refractivity contribution in [2.75, 3.05) is 13.1 Å². The van der Waals surface area contributed by atoms with E-state index in [4.69, 9.17) is 5.73 Å². The lowest BCUT2D eigenvalue weighted by atomic mass is 9.54. The van der Waals surface area contributed by atoms with Gasteiger partial charge in [0, 0.05) is 5.54 Å². The zero-order chi connectivity index (χ0) is 9.53. The fraction of sp³-hybridized carbons (Fsp3) is 1.00. The van der Waals surface area contributed by atoms with Crippen LogP contribution >= 0.6 is 0 Å². The van der Waals surface area contributed by atoms with Crippen LogP contribution in [0.1, 0.15) is 39.5 Å². The van der Waals surface area contributed by atoms with Crippen LogP contribution in [0.4, 0.5) is 0 Å². The number of hydrogen-bond donors (Lipinski definition) is 2. The quantitative estimate of drug-likeness (QED) is 0.645. The SMILES string of the molecule is CC1(C)CC(N)(C2CCNCC2)C1. The Balaban J connectivity index is 1.93. The highest BCUT2D eigenvalue weighted by molar-refractivity contribution is 5.07. The minimum absolute atomic E-state index is 0.186. The zero-order valence-electron chi connectivity index (χ0n) is 8.90. The number of hydrogen-bond acceptors (Lipinski definition) is 2. The van der Waals surface area contributed by atoms with Crippen molar-refractivity contribution in [3.8, 4) is 0 Å². The molecule has 0 spiro atoms. The van der Waals surface area contributed by atoms with Gasteiger partial charge in [0.05, 0.1) is 0 Å². The lowest BCUT2D eigenvalue weighted by molar-refractivity contribution is 0.00540. The van der Waals surface area contributed by atoms with Gasteiger partial charge >= 0.3 is 0 Å². The summed E-state index contributed by atoms with van der Waals surface area (Å²) in [7, 11) is 0. The Labute approximate surface area is 81.3 Å². The first-order valence-corrected chi connectivity index (χ1v) is 5.52. The van der Waals surface area contributed by atoms with Gasteiger partial charge in [0.25, 0.3) is 0 Å². The maximum atomic E-state index is 6.43. The Bertz CT molecular complexity index is 184. The molecule has 1 saturated carbocycles. The summed E-state index contributed by atoms with van der Waals surface area (Å²) in [6.45, 7) is 7.01. The largest absolute Gasteiger partial charge is 0.325 e. The third-order valence-corrected chi connectivity index (χ3v) is 3.77. The summed E-state index contributed by atoms with van der Waals surface area (Å²) in [4.78, 5) is 0. The zero-order valence-corrected chi connectivity index (χ0v) is 8.90. The second-order valence-corrected chi connectivity index (χ2v) is 5.78. The van der Waals surface area contributed by atoms with Crippen LogP contribution in [0.25, 0.3) is 0 Å². The Hall–Kier alpha value is -0.0800. The highest BCUT2D eigenvalue weighted by atomic mass is 14.9. The van der Waals surface area contributed by atoms with Crippen molar-refractivity contribution in [2.45, 2.75) is 45.1 Å². The molecule has 2 heteroatoms. The molecule has 13 heavy (non-hydrogen) atoms. The minimum Gasteiger partial charge on any atom is -0.325 e. The number of nitrogens with one attached hydrogen (secondary N) is 1. The van der Waals surface area contributed by atoms with Crippen LogP contribution in [0.2, 0.25) is 0 Å². The fourth-order valence-corrected chi connectivity index (χ4v) is 3.42. The van der Waals surface area contributed by atoms with Gasteiger partial charge in [-0.3, -0.25) is 0 Å². The highest BCUT2D eigenvalue weighted by Gasteiger charge is 2.50. The molecule has 0 aromatic heterocycles. The molecular formula is C11H22N2. The van der Waals surface area contributed by atoms with Crippen LogP contribution in [0.3, 0.4) is 0 Å². The molecular weight excluding hydrogens is 160 g/mol. The lowest BCUT2D eigenvalue weighted by Gasteiger charge is -2.56. The van der Waals surface area contributed by atoms with Crippen molar-refractivity contribution in [1.29, 1.82) is 0 Å². The smallest absolute Gasteiger partial charge is 0.0194 e. The van der Waals surface area contributed by atoms with Crippen LogP contribution in [0.5, 0.6) is 0 Å². The molecule has 0 unspecified atom stereocenters. The topological polar surface area (TPSA) is 38.0 Å². The second kappa shape index (κ2) is 2.96. The molecule has 0 aromatic rings. The Morgan fingerprint density at radius 1 is 1.15 bits per heavy atom. The van der Waals surface area contributed by atoms with Gasteiger partial charge in [-0.1, -0.05) is 13.8 Å². The van der Waals surface area contributed by atoms with Crippen LogP contribution in [-0.4, -0.2) is 18.6 Å². The average molecular weight is 182 g/mol. The van der Waals surface area contributed by atoms with Gasteiger partial charge in [-0.25, -0.2) is 0 Å². The number of piperidine rings is 1. The summed E-state index contributed by atoms with van der Waals surface area (Å²) in [5.41, 5.74) is 7.13. The van der Waals surface area contributed by atoms with Crippen molar-refractivity contribution in [1.82, 2.24) is 5.32 Å². The molecule has 0 radical (unpaired) electrons. The molecule has 1 heterocycles. The van der Waals surface area contributed by atoms with E-state index in [1.165, 1.54) is 38.8 Å². The summed E-state index contributed by atoms with van der Waals surface area (Å²) < 4.78 is 0. The fourth-order valence-electron chi connectivity index (χ4n) is 3.42. The number of rotatable bonds is 1. The first-order chi connectivity index (χ1) is 6.02. The van der Waals surface area contributed by atoms with E-state index in [0.717, 1.165) is 5.92 Å². The molecule has 1 saturated heterocycles. The van der Waals surface area contributed by atoms with Crippen molar-refractivity contribution in [3.05, 3.63) is 0 Å². The van der Waals surface area contributed by atoms with E-state index in [0.29, 0.717) is 5.41 Å². The van der Waals surface area contributed by atoms with Gasteiger partial charge < -0.3 is 11.1 Å². The van der Waals surface area contributed by atoms with Gasteiger partial charge in [-0.05, 0) is 50.1 Å². The van der Waals surface area contributed by atoms with E-state index in [1.807, 2.05) is 0 Å².